The largest absolute Gasteiger partial charge is 0.465 e. The monoisotopic (exact) mass is 310 g/mol. The predicted octanol–water partition coefficient (Wildman–Crippen LogP) is 3.68. The van der Waals surface area contributed by atoms with Crippen molar-refractivity contribution in [1.29, 1.82) is 0 Å². The number of rotatable bonds is 4. The summed E-state index contributed by atoms with van der Waals surface area (Å²) in [5, 5.41) is 4.36. The number of carbonyl (C=O) groups is 1. The Morgan fingerprint density at radius 2 is 2.04 bits per heavy atom. The van der Waals surface area contributed by atoms with Gasteiger partial charge in [0.05, 0.1) is 12.7 Å². The molecule has 1 fully saturated rings. The molecule has 6 heteroatoms. The molecule has 0 spiro atoms. The number of ether oxygens (including phenoxy) is 2. The number of aromatic nitrogens is 2. The number of fused-ring (bicyclic) bond motifs is 1. The van der Waals surface area contributed by atoms with Crippen LogP contribution >= 0.6 is 0 Å². The lowest BCUT2D eigenvalue weighted by molar-refractivity contribution is 0.0602. The fourth-order valence-electron chi connectivity index (χ4n) is 2.47. The molecular weight excluding hydrogens is 296 g/mol. The molecule has 0 radical (unpaired) electrons. The Bertz CT molecular complexity index is 869. The Kier molecular flexibility index (Phi) is 3.22. The predicted molar refractivity (Wildman–Crippen MR) is 81.6 cm³/mol. The molecule has 1 aromatic carbocycles. The van der Waals surface area contributed by atoms with E-state index in [9.17, 15) is 4.79 Å². The van der Waals surface area contributed by atoms with E-state index in [4.69, 9.17) is 14.0 Å². The first kappa shape index (κ1) is 13.8. The van der Waals surface area contributed by atoms with Gasteiger partial charge in [-0.25, -0.2) is 9.78 Å². The van der Waals surface area contributed by atoms with Crippen molar-refractivity contribution in [2.45, 2.75) is 18.8 Å². The van der Waals surface area contributed by atoms with Crippen molar-refractivity contribution in [2.24, 2.45) is 0 Å². The lowest BCUT2D eigenvalue weighted by Crippen LogP contribution is -2.04. The van der Waals surface area contributed by atoms with Crippen LogP contribution in [0.15, 0.2) is 40.9 Å². The summed E-state index contributed by atoms with van der Waals surface area (Å²) in [6, 6.07) is 10.9. The highest BCUT2D eigenvalue weighted by molar-refractivity contribution is 6.04. The molecule has 0 amide bonds. The van der Waals surface area contributed by atoms with Crippen LogP contribution in [0.3, 0.4) is 0 Å². The molecular formula is C17H14N2O4. The molecule has 2 aromatic heterocycles. The molecule has 0 unspecified atom stereocenters. The van der Waals surface area contributed by atoms with Crippen LogP contribution in [0.1, 0.15) is 34.8 Å². The molecule has 0 saturated heterocycles. The number of benzene rings is 1. The first-order valence-corrected chi connectivity index (χ1v) is 7.38. The third kappa shape index (κ3) is 2.52. The van der Waals surface area contributed by atoms with Crippen LogP contribution in [0.25, 0.3) is 11.1 Å². The number of methoxy groups -OCH3 is 1. The standard InChI is InChI=1S/C17H14N2O4/c1-21-17(20)12-9-13(10-7-8-10)18-15-14(12)16(19-23-15)22-11-5-3-2-4-6-11/h2-6,9-10H,7-8H2,1H3. The maximum absolute atomic E-state index is 12.2. The van der Waals surface area contributed by atoms with Gasteiger partial charge in [0, 0.05) is 11.6 Å². The number of esters is 1. The lowest BCUT2D eigenvalue weighted by Gasteiger charge is -2.05. The van der Waals surface area contributed by atoms with Gasteiger partial charge in [0.1, 0.15) is 11.1 Å². The molecule has 1 aliphatic rings. The molecule has 6 nitrogen and oxygen atoms in total. The molecule has 2 heterocycles. The highest BCUT2D eigenvalue weighted by Gasteiger charge is 2.29. The van der Waals surface area contributed by atoms with Crippen molar-refractivity contribution >= 4 is 17.1 Å². The number of hydrogen-bond acceptors (Lipinski definition) is 6. The molecule has 0 atom stereocenters. The summed E-state index contributed by atoms with van der Waals surface area (Å²) in [6.07, 6.45) is 2.14. The maximum atomic E-state index is 12.2. The van der Waals surface area contributed by atoms with Gasteiger partial charge in [0.25, 0.3) is 11.6 Å². The summed E-state index contributed by atoms with van der Waals surface area (Å²) in [4.78, 5) is 16.6. The first-order chi connectivity index (χ1) is 11.3. The molecule has 0 N–H and O–H groups in total. The van der Waals surface area contributed by atoms with E-state index in [2.05, 4.69) is 10.1 Å². The number of hydrogen-bond donors (Lipinski definition) is 0. The summed E-state index contributed by atoms with van der Waals surface area (Å²) < 4.78 is 15.9. The second-order valence-corrected chi connectivity index (χ2v) is 5.44. The number of carbonyl (C=O) groups excluding carboxylic acids is 1. The highest BCUT2D eigenvalue weighted by Crippen LogP contribution is 2.41. The summed E-state index contributed by atoms with van der Waals surface area (Å²) in [6.45, 7) is 0. The zero-order valence-corrected chi connectivity index (χ0v) is 12.5. The lowest BCUT2D eigenvalue weighted by atomic mass is 10.1. The number of para-hydroxylation sites is 1. The number of pyridine rings is 1. The molecule has 4 rings (SSSR count). The summed E-state index contributed by atoms with van der Waals surface area (Å²) in [5.41, 5.74) is 1.49. The smallest absolute Gasteiger partial charge is 0.338 e. The van der Waals surface area contributed by atoms with Gasteiger partial charge in [-0.1, -0.05) is 18.2 Å². The second-order valence-electron chi connectivity index (χ2n) is 5.44. The van der Waals surface area contributed by atoms with Gasteiger partial charge in [-0.2, -0.15) is 0 Å². The van der Waals surface area contributed by atoms with E-state index in [-0.39, 0.29) is 5.88 Å². The van der Waals surface area contributed by atoms with Crippen molar-refractivity contribution in [3.8, 4) is 11.6 Å². The molecule has 1 saturated carbocycles. The fourth-order valence-corrected chi connectivity index (χ4v) is 2.47. The quantitative estimate of drug-likeness (QED) is 0.684. The van der Waals surface area contributed by atoms with Crippen LogP contribution in [0.2, 0.25) is 0 Å². The van der Waals surface area contributed by atoms with Crippen LogP contribution in [-0.2, 0) is 4.74 Å². The topological polar surface area (TPSA) is 74.5 Å². The maximum Gasteiger partial charge on any atom is 0.338 e. The molecule has 1 aliphatic carbocycles. The minimum Gasteiger partial charge on any atom is -0.465 e. The molecule has 3 aromatic rings. The van der Waals surface area contributed by atoms with Crippen LogP contribution in [0.5, 0.6) is 11.6 Å². The van der Waals surface area contributed by atoms with Crippen LogP contribution in [0.4, 0.5) is 0 Å². The zero-order chi connectivity index (χ0) is 15.8. The van der Waals surface area contributed by atoms with E-state index >= 15 is 0 Å². The van der Waals surface area contributed by atoms with E-state index in [0.29, 0.717) is 28.3 Å². The molecule has 116 valence electrons. The van der Waals surface area contributed by atoms with Gasteiger partial charge in [-0.05, 0) is 36.2 Å². The minimum atomic E-state index is -0.458. The Balaban J connectivity index is 1.84. The average Bonchev–Trinajstić information content (AvgIpc) is 3.37. The van der Waals surface area contributed by atoms with Crippen molar-refractivity contribution in [1.82, 2.24) is 10.1 Å². The van der Waals surface area contributed by atoms with Crippen molar-refractivity contribution in [2.75, 3.05) is 7.11 Å². The number of nitrogens with zero attached hydrogens (tertiary/aromatic N) is 2. The zero-order valence-electron chi connectivity index (χ0n) is 12.5. The van der Waals surface area contributed by atoms with E-state index in [0.717, 1.165) is 18.5 Å². The minimum absolute atomic E-state index is 0.210. The van der Waals surface area contributed by atoms with Crippen LogP contribution in [-0.4, -0.2) is 23.2 Å². The van der Waals surface area contributed by atoms with Crippen molar-refractivity contribution < 1.29 is 18.8 Å². The Morgan fingerprint density at radius 1 is 1.26 bits per heavy atom. The van der Waals surface area contributed by atoms with Gasteiger partial charge >= 0.3 is 5.97 Å². The molecule has 23 heavy (non-hydrogen) atoms. The third-order valence-electron chi connectivity index (χ3n) is 3.79. The van der Waals surface area contributed by atoms with Crippen molar-refractivity contribution in [3.05, 3.63) is 47.7 Å². The Morgan fingerprint density at radius 3 is 2.74 bits per heavy atom. The van der Waals surface area contributed by atoms with Gasteiger partial charge in [-0.15, -0.1) is 0 Å². The Hall–Kier alpha value is -2.89. The summed E-state index contributed by atoms with van der Waals surface area (Å²) in [7, 11) is 1.34. The first-order valence-electron chi connectivity index (χ1n) is 7.38. The second kappa shape index (κ2) is 5.39. The van der Waals surface area contributed by atoms with Crippen LogP contribution < -0.4 is 4.74 Å². The molecule has 0 bridgehead atoms. The Labute approximate surface area is 132 Å². The summed E-state index contributed by atoms with van der Waals surface area (Å²) >= 11 is 0. The van der Waals surface area contributed by atoms with Gasteiger partial charge in [0.15, 0.2) is 0 Å². The van der Waals surface area contributed by atoms with Gasteiger partial charge < -0.3 is 14.0 Å². The van der Waals surface area contributed by atoms with Crippen LogP contribution in [0, 0.1) is 0 Å². The average molecular weight is 310 g/mol. The summed E-state index contributed by atoms with van der Waals surface area (Å²) in [5.74, 6) is 0.734. The normalized spacial score (nSPS) is 14.0. The van der Waals surface area contributed by atoms with Gasteiger partial charge in [-0.3, -0.25) is 0 Å². The van der Waals surface area contributed by atoms with Crippen molar-refractivity contribution in [3.63, 3.8) is 0 Å². The van der Waals surface area contributed by atoms with E-state index < -0.39 is 5.97 Å². The SMILES string of the molecule is COC(=O)c1cc(C2CC2)nc2onc(Oc3ccccc3)c12. The van der Waals surface area contributed by atoms with E-state index in [1.54, 1.807) is 18.2 Å². The third-order valence-corrected chi connectivity index (χ3v) is 3.79. The highest BCUT2D eigenvalue weighted by atomic mass is 16.5. The molecule has 0 aliphatic heterocycles. The van der Waals surface area contributed by atoms with E-state index in [1.807, 2.05) is 18.2 Å². The van der Waals surface area contributed by atoms with E-state index in [1.165, 1.54) is 7.11 Å². The van der Waals surface area contributed by atoms with Gasteiger partial charge in [0.2, 0.25) is 0 Å². The fraction of sp³-hybridized carbons (Fsp3) is 0.235.